The molecule has 0 aliphatic rings. The van der Waals surface area contributed by atoms with Crippen LogP contribution in [0.2, 0.25) is 0 Å². The van der Waals surface area contributed by atoms with Gasteiger partial charge in [0.1, 0.15) is 12.1 Å². The molecule has 5 N–H and O–H groups in total. The first-order valence-electron chi connectivity index (χ1n) is 12.8. The molecule has 3 rings (SSSR count). The highest BCUT2D eigenvalue weighted by Crippen LogP contribution is 2.17. The zero-order chi connectivity index (χ0) is 27.3. The number of hydrogen-bond acceptors (Lipinski definition) is 6. The van der Waals surface area contributed by atoms with Crippen LogP contribution in [0.5, 0.6) is 0 Å². The molecule has 0 aliphatic heterocycles. The summed E-state index contributed by atoms with van der Waals surface area (Å²) in [6.45, 7) is 3.22. The lowest BCUT2D eigenvalue weighted by Crippen LogP contribution is -2.50. The van der Waals surface area contributed by atoms with Crippen LogP contribution in [0.25, 0.3) is 10.9 Å². The van der Waals surface area contributed by atoms with E-state index in [1.165, 1.54) is 0 Å². The molecule has 0 fully saturated rings. The van der Waals surface area contributed by atoms with Crippen LogP contribution in [0.15, 0.2) is 66.9 Å². The lowest BCUT2D eigenvalue weighted by molar-refractivity contribution is -0.132. The molecule has 0 spiro atoms. The normalized spacial score (nSPS) is 12.5. The fourth-order valence-corrected chi connectivity index (χ4v) is 4.35. The van der Waals surface area contributed by atoms with Gasteiger partial charge in [0, 0.05) is 31.4 Å². The second kappa shape index (κ2) is 15.0. The third-order valence-electron chi connectivity index (χ3n) is 6.28. The smallest absolute Gasteiger partial charge is 0.247 e. The molecule has 0 bridgehead atoms. The summed E-state index contributed by atoms with van der Waals surface area (Å²) in [5.74, 6) is -0.930. The summed E-state index contributed by atoms with van der Waals surface area (Å²) < 4.78 is 0. The van der Waals surface area contributed by atoms with Gasteiger partial charge < -0.3 is 21.3 Å². The Hall–Kier alpha value is -3.53. The monoisotopic (exact) mass is 538 g/mol. The number of carbonyl (C=O) groups excluding carboxylic acids is 3. The van der Waals surface area contributed by atoms with Crippen LogP contribution in [-0.2, 0) is 20.8 Å². The lowest BCUT2D eigenvalue weighted by atomic mass is 10.0. The van der Waals surface area contributed by atoms with E-state index in [0.29, 0.717) is 38.2 Å². The largest absolute Gasteiger partial charge is 0.343 e. The van der Waals surface area contributed by atoms with E-state index in [4.69, 9.17) is 17.5 Å². The number of hydrogen-bond donors (Lipinski definition) is 4. The predicted octanol–water partition coefficient (Wildman–Crippen LogP) is 2.99. The van der Waals surface area contributed by atoms with Crippen molar-refractivity contribution in [2.75, 3.05) is 25.0 Å². The number of halogens is 1. The predicted molar refractivity (Wildman–Crippen MR) is 150 cm³/mol. The van der Waals surface area contributed by atoms with E-state index in [1.807, 2.05) is 67.6 Å². The van der Waals surface area contributed by atoms with E-state index in [2.05, 4.69) is 20.5 Å². The maximum atomic E-state index is 13.3. The lowest BCUT2D eigenvalue weighted by Gasteiger charge is -2.23. The first-order chi connectivity index (χ1) is 18.4. The number of para-hydroxylation sites is 1. The number of amides is 3. The fraction of sp³-hybridized carbons (Fsp3) is 0.357. The van der Waals surface area contributed by atoms with Gasteiger partial charge in [-0.15, -0.1) is 0 Å². The number of rotatable bonds is 14. The van der Waals surface area contributed by atoms with E-state index in [-0.39, 0.29) is 24.7 Å². The quantitative estimate of drug-likeness (QED) is 0.233. The highest BCUT2D eigenvalue weighted by Gasteiger charge is 2.26. The van der Waals surface area contributed by atoms with Crippen LogP contribution < -0.4 is 21.2 Å². The highest BCUT2D eigenvalue weighted by atomic mass is 35.5. The summed E-state index contributed by atoms with van der Waals surface area (Å²) in [5, 5.41) is 6.59. The molecule has 202 valence electrons. The molecule has 38 heavy (non-hydrogen) atoms. The maximum absolute atomic E-state index is 13.3. The van der Waals surface area contributed by atoms with Crippen LogP contribution in [0.1, 0.15) is 31.7 Å². The Labute approximate surface area is 228 Å². The van der Waals surface area contributed by atoms with Crippen molar-refractivity contribution in [2.45, 2.75) is 44.7 Å². The highest BCUT2D eigenvalue weighted by molar-refractivity contribution is 6.15. The Morgan fingerprint density at radius 1 is 1.00 bits per heavy atom. The minimum Gasteiger partial charge on any atom is -0.343 e. The SMILES string of the molecule is CCN(CCN)C(=O)CCC(NCl)C(=O)NC(CCc1ccccc1)C(=O)Nc1cnc2ccccc2c1. The van der Waals surface area contributed by atoms with E-state index < -0.39 is 18.0 Å². The molecule has 10 heteroatoms. The molecule has 3 amide bonds. The number of pyridine rings is 1. The van der Waals surface area contributed by atoms with E-state index in [1.54, 1.807) is 11.1 Å². The van der Waals surface area contributed by atoms with Gasteiger partial charge in [0.2, 0.25) is 17.7 Å². The van der Waals surface area contributed by atoms with Gasteiger partial charge in [-0.25, -0.2) is 4.84 Å². The summed E-state index contributed by atoms with van der Waals surface area (Å²) >= 11 is 5.88. The van der Waals surface area contributed by atoms with Crippen LogP contribution in [0, 0.1) is 0 Å². The number of nitrogens with two attached hydrogens (primary N) is 1. The molecule has 2 aromatic carbocycles. The van der Waals surface area contributed by atoms with Gasteiger partial charge in [-0.2, -0.15) is 0 Å². The summed E-state index contributed by atoms with van der Waals surface area (Å²) in [7, 11) is 0. The number of nitrogens with zero attached hydrogens (tertiary/aromatic N) is 2. The van der Waals surface area contributed by atoms with Gasteiger partial charge in [0.15, 0.2) is 0 Å². The summed E-state index contributed by atoms with van der Waals surface area (Å²) in [6, 6.07) is 17.5. The Morgan fingerprint density at radius 2 is 1.74 bits per heavy atom. The van der Waals surface area contributed by atoms with E-state index >= 15 is 0 Å². The minimum absolute atomic E-state index is 0.107. The molecular formula is C28H35ClN6O3. The third kappa shape index (κ3) is 8.51. The summed E-state index contributed by atoms with van der Waals surface area (Å²) in [5.41, 5.74) is 7.97. The Balaban J connectivity index is 1.69. The first kappa shape index (κ1) is 29.0. The Kier molecular flexibility index (Phi) is 11.5. The Bertz CT molecular complexity index is 1210. The van der Waals surface area contributed by atoms with Gasteiger partial charge in [0.05, 0.1) is 17.4 Å². The number of anilines is 1. The average molecular weight is 539 g/mol. The molecule has 3 aromatic rings. The van der Waals surface area contributed by atoms with Crippen LogP contribution in [0.3, 0.4) is 0 Å². The number of benzene rings is 2. The topological polar surface area (TPSA) is 129 Å². The van der Waals surface area contributed by atoms with Crippen LogP contribution in [0.4, 0.5) is 5.69 Å². The minimum atomic E-state index is -0.855. The first-order valence-corrected chi connectivity index (χ1v) is 13.2. The second-order valence-corrected chi connectivity index (χ2v) is 9.17. The number of aryl methyl sites for hydroxylation is 1. The van der Waals surface area contributed by atoms with Crippen molar-refractivity contribution in [1.29, 1.82) is 0 Å². The molecule has 1 heterocycles. The molecule has 0 saturated heterocycles. The standard InChI is InChI=1S/C28H35ClN6O3/c1-2-35(17-16-30)26(36)15-14-25(34-29)28(38)33-24(13-12-20-8-4-3-5-9-20)27(37)32-22-18-21-10-6-7-11-23(21)31-19-22/h3-11,18-19,24-25,34H,2,12-17,30H2,1H3,(H,32,37)(H,33,38). The van der Waals surface area contributed by atoms with Crippen molar-refractivity contribution in [3.05, 3.63) is 72.4 Å². The number of aromatic nitrogens is 1. The third-order valence-corrected chi connectivity index (χ3v) is 6.55. The van der Waals surface area contributed by atoms with Crippen molar-refractivity contribution >= 4 is 46.1 Å². The summed E-state index contributed by atoms with van der Waals surface area (Å²) in [4.78, 5) is 47.4. The van der Waals surface area contributed by atoms with Crippen molar-refractivity contribution in [1.82, 2.24) is 20.0 Å². The zero-order valence-electron chi connectivity index (χ0n) is 21.5. The van der Waals surface area contributed by atoms with Crippen molar-refractivity contribution in [3.63, 3.8) is 0 Å². The molecule has 2 atom stereocenters. The molecule has 1 aromatic heterocycles. The van der Waals surface area contributed by atoms with Crippen molar-refractivity contribution < 1.29 is 14.4 Å². The zero-order valence-corrected chi connectivity index (χ0v) is 22.3. The molecule has 9 nitrogen and oxygen atoms in total. The molecule has 2 unspecified atom stereocenters. The van der Waals surface area contributed by atoms with Gasteiger partial charge in [-0.3, -0.25) is 19.4 Å². The molecule has 0 radical (unpaired) electrons. The Morgan fingerprint density at radius 3 is 2.45 bits per heavy atom. The summed E-state index contributed by atoms with van der Waals surface area (Å²) in [6.07, 6.45) is 2.84. The van der Waals surface area contributed by atoms with Crippen molar-refractivity contribution in [3.8, 4) is 0 Å². The van der Waals surface area contributed by atoms with Gasteiger partial charge >= 0.3 is 0 Å². The van der Waals surface area contributed by atoms with Gasteiger partial charge in [0.25, 0.3) is 0 Å². The van der Waals surface area contributed by atoms with Crippen molar-refractivity contribution in [2.24, 2.45) is 5.73 Å². The fourth-order valence-electron chi connectivity index (χ4n) is 4.14. The van der Waals surface area contributed by atoms with Crippen LogP contribution in [-0.4, -0.2) is 59.3 Å². The molecule has 0 aliphatic carbocycles. The average Bonchev–Trinajstić information content (AvgIpc) is 2.94. The number of carbonyl (C=O) groups is 3. The molecular weight excluding hydrogens is 504 g/mol. The number of likely N-dealkylation sites (N-methyl/N-ethyl adjacent to an activating group) is 1. The molecule has 0 saturated carbocycles. The second-order valence-electron chi connectivity index (χ2n) is 8.95. The van der Waals surface area contributed by atoms with Gasteiger partial charge in [-0.1, -0.05) is 48.5 Å². The maximum Gasteiger partial charge on any atom is 0.247 e. The number of nitrogens with one attached hydrogen (secondary N) is 3. The van der Waals surface area contributed by atoms with Crippen LogP contribution >= 0.6 is 11.8 Å². The number of fused-ring (bicyclic) bond motifs is 1. The van der Waals surface area contributed by atoms with Gasteiger partial charge in [-0.05, 0) is 55.7 Å². The van der Waals surface area contributed by atoms with E-state index in [9.17, 15) is 14.4 Å². The van der Waals surface area contributed by atoms with E-state index in [0.717, 1.165) is 16.5 Å².